The van der Waals surface area contributed by atoms with E-state index >= 15 is 0 Å². The first-order valence-electron chi connectivity index (χ1n) is 1.48. The molecule has 0 unspecified atom stereocenters. The molecule has 6 heteroatoms. The number of hydrogen-bond acceptors (Lipinski definition) is 4. The maximum absolute atomic E-state index is 9.56. The van der Waals surface area contributed by atoms with Gasteiger partial charge in [0.25, 0.3) is 0 Å². The van der Waals surface area contributed by atoms with E-state index in [9.17, 15) is 4.21 Å². The Hall–Kier alpha value is -0.230. The van der Waals surface area contributed by atoms with Gasteiger partial charge < -0.3 is 0 Å². The van der Waals surface area contributed by atoms with Gasteiger partial charge in [-0.25, -0.2) is 0 Å². The van der Waals surface area contributed by atoms with E-state index in [-0.39, 0.29) is 0 Å². The molecule has 0 atom stereocenters. The number of rotatable bonds is 0. The van der Waals surface area contributed by atoms with E-state index in [4.69, 9.17) is 12.6 Å². The second-order valence-corrected chi connectivity index (χ2v) is 2.84. The van der Waals surface area contributed by atoms with E-state index in [2.05, 4.69) is 0 Å². The van der Waals surface area contributed by atoms with Crippen molar-refractivity contribution in [2.75, 3.05) is 12.5 Å². The highest BCUT2D eigenvalue weighted by molar-refractivity contribution is 7.83. The van der Waals surface area contributed by atoms with Gasteiger partial charge in [-0.15, -0.1) is 12.6 Å². The van der Waals surface area contributed by atoms with Crippen LogP contribution in [0.3, 0.4) is 0 Å². The van der Waals surface area contributed by atoms with Crippen molar-refractivity contribution in [1.29, 1.82) is 0 Å². The average molecular weight is 158 g/mol. The van der Waals surface area contributed by atoms with Crippen molar-refractivity contribution in [3.05, 3.63) is 0 Å². The van der Waals surface area contributed by atoms with Gasteiger partial charge in [0.1, 0.15) is 0 Å². The van der Waals surface area contributed by atoms with Crippen LogP contribution in [0.15, 0.2) is 0 Å². The molecule has 0 aromatic carbocycles. The van der Waals surface area contributed by atoms with Crippen molar-refractivity contribution < 1.29 is 16.8 Å². The summed E-state index contributed by atoms with van der Waals surface area (Å²) in [5.41, 5.74) is 0. The van der Waals surface area contributed by atoms with Gasteiger partial charge in [-0.05, 0) is 0 Å². The lowest BCUT2D eigenvalue weighted by molar-refractivity contribution is 0.559. The topological polar surface area (TPSA) is 68.3 Å². The minimum Gasteiger partial charge on any atom is -0.260 e. The molecule has 0 amide bonds. The Morgan fingerprint density at radius 2 is 0.875 bits per heavy atom. The summed E-state index contributed by atoms with van der Waals surface area (Å²) in [5.74, 6) is 0. The molecular weight excluding hydrogens is 152 g/mol. The quantitative estimate of drug-likeness (QED) is 0.453. The van der Waals surface area contributed by atoms with Crippen molar-refractivity contribution in [3.63, 3.8) is 0 Å². The molecule has 0 bridgehead atoms. The van der Waals surface area contributed by atoms with Gasteiger partial charge >= 0.3 is 10.6 Å². The summed E-state index contributed by atoms with van der Waals surface area (Å²) >= 11 is 0. The summed E-state index contributed by atoms with van der Waals surface area (Å²) < 4.78 is 34.9. The Labute approximate surface area is 51.4 Å². The van der Waals surface area contributed by atoms with Gasteiger partial charge in [0, 0.05) is 23.3 Å². The second kappa shape index (κ2) is 6.77. The molecule has 0 spiro atoms. The standard InChI is InChI=1S/C2H6OS.O3S/c2*1-4(2)3/h1-2H3;. The Morgan fingerprint density at radius 1 is 0.875 bits per heavy atom. The second-order valence-electron chi connectivity index (χ2n) is 0.946. The van der Waals surface area contributed by atoms with Crippen LogP contribution in [0, 0.1) is 0 Å². The molecule has 0 aliphatic heterocycles. The zero-order chi connectivity index (χ0) is 7.15. The Morgan fingerprint density at radius 3 is 0.875 bits per heavy atom. The van der Waals surface area contributed by atoms with Crippen LogP contribution in [-0.2, 0) is 21.4 Å². The van der Waals surface area contributed by atoms with Crippen LogP contribution < -0.4 is 0 Å². The molecule has 4 nitrogen and oxygen atoms in total. The van der Waals surface area contributed by atoms with E-state index in [0.717, 1.165) is 0 Å². The van der Waals surface area contributed by atoms with Gasteiger partial charge in [-0.2, -0.15) is 0 Å². The Balaban J connectivity index is 0. The van der Waals surface area contributed by atoms with Crippen molar-refractivity contribution in [3.8, 4) is 0 Å². The summed E-state index contributed by atoms with van der Waals surface area (Å²) in [6, 6.07) is 0. The van der Waals surface area contributed by atoms with Gasteiger partial charge in [0.05, 0.1) is 0 Å². The first-order valence-corrected chi connectivity index (χ1v) is 4.45. The van der Waals surface area contributed by atoms with E-state index in [1.54, 1.807) is 12.5 Å². The van der Waals surface area contributed by atoms with E-state index in [0.29, 0.717) is 0 Å². The molecule has 0 saturated carbocycles. The van der Waals surface area contributed by atoms with Crippen LogP contribution in [-0.4, -0.2) is 29.3 Å². The van der Waals surface area contributed by atoms with E-state index in [1.165, 1.54) is 0 Å². The third kappa shape index (κ3) is 2480. The van der Waals surface area contributed by atoms with Crippen molar-refractivity contribution in [1.82, 2.24) is 0 Å². The molecule has 0 aliphatic carbocycles. The van der Waals surface area contributed by atoms with Crippen molar-refractivity contribution in [2.24, 2.45) is 0 Å². The predicted octanol–water partition coefficient (Wildman–Crippen LogP) is -1.01. The maximum Gasteiger partial charge on any atom is 0.425 e. The molecule has 0 heterocycles. The fraction of sp³-hybridized carbons (Fsp3) is 1.00. The lowest BCUT2D eigenvalue weighted by Gasteiger charge is -1.60. The van der Waals surface area contributed by atoms with Crippen LogP contribution in [0.25, 0.3) is 0 Å². The molecule has 0 aliphatic rings. The van der Waals surface area contributed by atoms with Crippen LogP contribution in [0.1, 0.15) is 0 Å². The Bertz CT molecular complexity index is 141. The van der Waals surface area contributed by atoms with E-state index in [1.807, 2.05) is 0 Å². The van der Waals surface area contributed by atoms with Crippen molar-refractivity contribution >= 4 is 21.4 Å². The van der Waals surface area contributed by atoms with Crippen molar-refractivity contribution in [2.45, 2.75) is 0 Å². The summed E-state index contributed by atoms with van der Waals surface area (Å²) in [5, 5.41) is 0. The largest absolute Gasteiger partial charge is 0.425 e. The first kappa shape index (κ1) is 10.7. The molecule has 0 radical (unpaired) electrons. The van der Waals surface area contributed by atoms with Gasteiger partial charge in [0.15, 0.2) is 0 Å². The van der Waals surface area contributed by atoms with Crippen LogP contribution in [0.5, 0.6) is 0 Å². The highest BCUT2D eigenvalue weighted by Crippen LogP contribution is 1.47. The highest BCUT2D eigenvalue weighted by Gasteiger charge is 1.57. The summed E-state index contributed by atoms with van der Waals surface area (Å²) in [7, 11) is -3.72. The minimum atomic E-state index is -3.11. The van der Waals surface area contributed by atoms with Crippen LogP contribution >= 0.6 is 0 Å². The first-order chi connectivity index (χ1) is 3.46. The maximum atomic E-state index is 9.56. The highest BCUT2D eigenvalue weighted by atomic mass is 32.2. The smallest absolute Gasteiger partial charge is 0.260 e. The molecule has 0 fully saturated rings. The summed E-state index contributed by atoms with van der Waals surface area (Å²) in [6.07, 6.45) is 3.28. The average Bonchev–Trinajstić information content (AvgIpc) is 1.25. The molecule has 0 aromatic rings. The van der Waals surface area contributed by atoms with Crippen LogP contribution in [0.4, 0.5) is 0 Å². The van der Waals surface area contributed by atoms with E-state index < -0.39 is 21.4 Å². The normalized spacial score (nSPS) is 7.38. The van der Waals surface area contributed by atoms with Gasteiger partial charge in [-0.3, -0.25) is 4.21 Å². The number of hydrogen-bond donors (Lipinski definition) is 0. The molecule has 0 rings (SSSR count). The lowest BCUT2D eigenvalue weighted by Crippen LogP contribution is -1.70. The monoisotopic (exact) mass is 158 g/mol. The zero-order valence-corrected chi connectivity index (χ0v) is 6.08. The molecular formula is C2H6O4S2. The Kier molecular flexibility index (Phi) is 9.05. The van der Waals surface area contributed by atoms with Gasteiger partial charge in [0.2, 0.25) is 0 Å². The lowest BCUT2D eigenvalue weighted by atomic mass is 11.9. The van der Waals surface area contributed by atoms with Gasteiger partial charge in [-0.1, -0.05) is 0 Å². The fourth-order valence-electron chi connectivity index (χ4n) is 0. The zero-order valence-electron chi connectivity index (χ0n) is 4.45. The fourth-order valence-corrected chi connectivity index (χ4v) is 0. The molecule has 0 saturated heterocycles. The molecule has 0 aromatic heterocycles. The predicted molar refractivity (Wildman–Crippen MR) is 29.7 cm³/mol. The molecule has 8 heavy (non-hydrogen) atoms. The third-order valence-electron chi connectivity index (χ3n) is 0. The summed E-state index contributed by atoms with van der Waals surface area (Å²) in [6.45, 7) is 0. The third-order valence-corrected chi connectivity index (χ3v) is 0. The van der Waals surface area contributed by atoms with Crippen LogP contribution in [0.2, 0.25) is 0 Å². The summed E-state index contributed by atoms with van der Waals surface area (Å²) in [4.78, 5) is 0. The SMILES string of the molecule is CS(C)=O.O=S(=O)=O. The molecule has 0 N–H and O–H groups in total. The minimum absolute atomic E-state index is 0.611. The molecule has 50 valence electrons.